The number of hydrogen-bond acceptors (Lipinski definition) is 6. The molecule has 0 aliphatic carbocycles. The number of carbonyl (C=O) groups is 2. The van der Waals surface area contributed by atoms with Crippen molar-refractivity contribution in [2.75, 3.05) is 51.3 Å². The summed E-state index contributed by atoms with van der Waals surface area (Å²) in [6.07, 6.45) is 3.17. The molecule has 0 bridgehead atoms. The number of morpholine rings is 1. The second-order valence-electron chi connectivity index (χ2n) is 6.44. The number of rotatable bonds is 4. The number of likely N-dealkylation sites (tertiary alicyclic amines) is 1. The highest BCUT2D eigenvalue weighted by atomic mass is 16.6. The van der Waals surface area contributed by atoms with Crippen LogP contribution in [0.5, 0.6) is 0 Å². The van der Waals surface area contributed by atoms with Crippen LogP contribution in [0.25, 0.3) is 0 Å². The third-order valence-electron chi connectivity index (χ3n) is 4.67. The molecule has 0 radical (unpaired) electrons. The van der Waals surface area contributed by atoms with Crippen LogP contribution in [0, 0.1) is 0 Å². The molecule has 0 saturated carbocycles. The minimum Gasteiger partial charge on any atom is -0.450 e. The van der Waals surface area contributed by atoms with Gasteiger partial charge in [0.1, 0.15) is 5.69 Å². The van der Waals surface area contributed by atoms with E-state index < -0.39 is 0 Å². The van der Waals surface area contributed by atoms with Crippen LogP contribution in [-0.4, -0.2) is 78.8 Å². The Labute approximate surface area is 153 Å². The molecular formula is C18H26N4O4. The van der Waals surface area contributed by atoms with Crippen LogP contribution in [0.1, 0.15) is 30.3 Å². The second kappa shape index (κ2) is 8.84. The van der Waals surface area contributed by atoms with Gasteiger partial charge in [0.25, 0.3) is 5.91 Å². The molecule has 0 spiro atoms. The minimum atomic E-state index is -0.237. The van der Waals surface area contributed by atoms with E-state index in [2.05, 4.69) is 10.3 Å². The van der Waals surface area contributed by atoms with Gasteiger partial charge in [0.15, 0.2) is 0 Å². The Morgan fingerprint density at radius 1 is 1.19 bits per heavy atom. The van der Waals surface area contributed by atoms with Crippen LogP contribution in [0.4, 0.5) is 10.5 Å². The van der Waals surface area contributed by atoms with Gasteiger partial charge in [-0.1, -0.05) is 0 Å². The molecule has 2 saturated heterocycles. The van der Waals surface area contributed by atoms with E-state index in [-0.39, 0.29) is 18.0 Å². The number of piperidine rings is 1. The zero-order valence-corrected chi connectivity index (χ0v) is 15.1. The first-order chi connectivity index (χ1) is 12.7. The number of ether oxygens (including phenoxy) is 2. The Balaban J connectivity index is 1.49. The summed E-state index contributed by atoms with van der Waals surface area (Å²) >= 11 is 0. The molecule has 3 heterocycles. The fourth-order valence-electron chi connectivity index (χ4n) is 3.19. The lowest BCUT2D eigenvalue weighted by Gasteiger charge is -2.32. The first-order valence-electron chi connectivity index (χ1n) is 9.18. The average Bonchev–Trinajstić information content (AvgIpc) is 2.69. The number of pyridine rings is 1. The number of carbonyl (C=O) groups excluding carboxylic acids is 2. The van der Waals surface area contributed by atoms with Crippen molar-refractivity contribution in [3.8, 4) is 0 Å². The molecular weight excluding hydrogens is 336 g/mol. The lowest BCUT2D eigenvalue weighted by atomic mass is 10.1. The molecule has 1 aromatic heterocycles. The standard InChI is InChI=1S/C18H26N4O4/c1-2-26-18(24)22-7-5-14(6-8-22)20-15-3-4-16(19-13-15)17(23)21-9-11-25-12-10-21/h3-4,13-14,20H,2,5-12H2,1H3. The molecule has 0 aromatic carbocycles. The van der Waals surface area contributed by atoms with Crippen LogP contribution in [0.2, 0.25) is 0 Å². The van der Waals surface area contributed by atoms with Crippen molar-refractivity contribution in [1.29, 1.82) is 0 Å². The number of amides is 2. The number of nitrogens with one attached hydrogen (secondary N) is 1. The van der Waals surface area contributed by atoms with Gasteiger partial charge in [0, 0.05) is 32.2 Å². The number of hydrogen-bond donors (Lipinski definition) is 1. The maximum atomic E-state index is 12.4. The molecule has 2 aliphatic heterocycles. The van der Waals surface area contributed by atoms with Gasteiger partial charge in [-0.2, -0.15) is 0 Å². The highest BCUT2D eigenvalue weighted by Crippen LogP contribution is 2.17. The first-order valence-corrected chi connectivity index (χ1v) is 9.18. The highest BCUT2D eigenvalue weighted by Gasteiger charge is 2.24. The quantitative estimate of drug-likeness (QED) is 0.876. The summed E-state index contributed by atoms with van der Waals surface area (Å²) in [5.41, 5.74) is 1.34. The highest BCUT2D eigenvalue weighted by molar-refractivity contribution is 5.92. The maximum Gasteiger partial charge on any atom is 0.409 e. The molecule has 8 nitrogen and oxygen atoms in total. The van der Waals surface area contributed by atoms with E-state index in [4.69, 9.17) is 9.47 Å². The van der Waals surface area contributed by atoms with Gasteiger partial charge in [-0.15, -0.1) is 0 Å². The molecule has 26 heavy (non-hydrogen) atoms. The predicted octanol–water partition coefficient (Wildman–Crippen LogP) is 1.59. The summed E-state index contributed by atoms with van der Waals surface area (Å²) in [5.74, 6) is -0.0532. The van der Waals surface area contributed by atoms with E-state index in [1.807, 2.05) is 13.0 Å². The summed E-state index contributed by atoms with van der Waals surface area (Å²) < 4.78 is 10.3. The summed E-state index contributed by atoms with van der Waals surface area (Å²) in [7, 11) is 0. The molecule has 1 aromatic rings. The van der Waals surface area contributed by atoms with Crippen LogP contribution in [0.15, 0.2) is 18.3 Å². The third-order valence-corrected chi connectivity index (χ3v) is 4.67. The number of anilines is 1. The van der Waals surface area contributed by atoms with Crippen LogP contribution in [0.3, 0.4) is 0 Å². The van der Waals surface area contributed by atoms with Crippen molar-refractivity contribution in [2.24, 2.45) is 0 Å². The Morgan fingerprint density at radius 3 is 2.54 bits per heavy atom. The number of nitrogens with zero attached hydrogens (tertiary/aromatic N) is 3. The molecule has 3 rings (SSSR count). The molecule has 2 fully saturated rings. The first kappa shape index (κ1) is 18.4. The van der Waals surface area contributed by atoms with Gasteiger partial charge in [-0.3, -0.25) is 4.79 Å². The molecule has 0 unspecified atom stereocenters. The predicted molar refractivity (Wildman–Crippen MR) is 96.2 cm³/mol. The van der Waals surface area contributed by atoms with E-state index in [9.17, 15) is 9.59 Å². The van der Waals surface area contributed by atoms with Crippen molar-refractivity contribution in [3.63, 3.8) is 0 Å². The summed E-state index contributed by atoms with van der Waals surface area (Å²) in [6, 6.07) is 3.93. The van der Waals surface area contributed by atoms with E-state index in [1.54, 1.807) is 22.1 Å². The van der Waals surface area contributed by atoms with Crippen LogP contribution < -0.4 is 5.32 Å². The van der Waals surface area contributed by atoms with Gasteiger partial charge in [-0.25, -0.2) is 9.78 Å². The van der Waals surface area contributed by atoms with Crippen LogP contribution in [-0.2, 0) is 9.47 Å². The van der Waals surface area contributed by atoms with Gasteiger partial charge < -0.3 is 24.6 Å². The molecule has 0 atom stereocenters. The Hall–Kier alpha value is -2.35. The smallest absolute Gasteiger partial charge is 0.409 e. The van der Waals surface area contributed by atoms with Crippen molar-refractivity contribution >= 4 is 17.7 Å². The Bertz CT molecular complexity index is 608. The van der Waals surface area contributed by atoms with Crippen molar-refractivity contribution in [1.82, 2.24) is 14.8 Å². The second-order valence-corrected chi connectivity index (χ2v) is 6.44. The van der Waals surface area contributed by atoms with Gasteiger partial charge in [0.2, 0.25) is 0 Å². The zero-order valence-electron chi connectivity index (χ0n) is 15.1. The summed E-state index contributed by atoms with van der Waals surface area (Å²) in [5, 5.41) is 3.43. The largest absolute Gasteiger partial charge is 0.450 e. The minimum absolute atomic E-state index is 0.0532. The molecule has 1 N–H and O–H groups in total. The van der Waals surface area contributed by atoms with E-state index in [0.29, 0.717) is 51.7 Å². The summed E-state index contributed by atoms with van der Waals surface area (Å²) in [6.45, 7) is 5.95. The molecule has 142 valence electrons. The maximum absolute atomic E-state index is 12.4. The van der Waals surface area contributed by atoms with E-state index in [1.165, 1.54) is 0 Å². The fourth-order valence-corrected chi connectivity index (χ4v) is 3.19. The monoisotopic (exact) mass is 362 g/mol. The molecule has 8 heteroatoms. The Morgan fingerprint density at radius 2 is 1.92 bits per heavy atom. The molecule has 2 amide bonds. The van der Waals surface area contributed by atoms with Crippen molar-refractivity contribution in [2.45, 2.75) is 25.8 Å². The zero-order chi connectivity index (χ0) is 18.4. The van der Waals surface area contributed by atoms with E-state index in [0.717, 1.165) is 18.5 Å². The summed E-state index contributed by atoms with van der Waals surface area (Å²) in [4.78, 5) is 31.9. The third kappa shape index (κ3) is 4.63. The fraction of sp³-hybridized carbons (Fsp3) is 0.611. The number of aromatic nitrogens is 1. The molecule has 2 aliphatic rings. The Kier molecular flexibility index (Phi) is 6.27. The van der Waals surface area contributed by atoms with Gasteiger partial charge in [-0.05, 0) is 31.9 Å². The van der Waals surface area contributed by atoms with E-state index >= 15 is 0 Å². The lowest BCUT2D eigenvalue weighted by molar-refractivity contribution is 0.0299. The lowest BCUT2D eigenvalue weighted by Crippen LogP contribution is -2.42. The van der Waals surface area contributed by atoms with Crippen molar-refractivity contribution in [3.05, 3.63) is 24.0 Å². The van der Waals surface area contributed by atoms with Crippen molar-refractivity contribution < 1.29 is 19.1 Å². The normalized spacial score (nSPS) is 18.5. The van der Waals surface area contributed by atoms with Gasteiger partial charge in [0.05, 0.1) is 31.7 Å². The van der Waals surface area contributed by atoms with Gasteiger partial charge >= 0.3 is 6.09 Å². The topological polar surface area (TPSA) is 84.0 Å². The van der Waals surface area contributed by atoms with Crippen LogP contribution >= 0.6 is 0 Å². The SMILES string of the molecule is CCOC(=O)N1CCC(Nc2ccc(C(=O)N3CCOCC3)nc2)CC1. The average molecular weight is 362 g/mol.